The Morgan fingerprint density at radius 1 is 1.16 bits per heavy atom. The van der Waals surface area contributed by atoms with E-state index in [2.05, 4.69) is 19.8 Å². The highest BCUT2D eigenvalue weighted by Crippen LogP contribution is 2.33. The second-order valence-electron chi connectivity index (χ2n) is 7.21. The fraction of sp³-hybridized carbons (Fsp3) is 0.238. The van der Waals surface area contributed by atoms with Crippen molar-refractivity contribution in [3.05, 3.63) is 60.3 Å². The second-order valence-corrected chi connectivity index (χ2v) is 7.21. The molecule has 4 atom stereocenters. The van der Waals surface area contributed by atoms with Gasteiger partial charge in [-0.05, 0) is 24.3 Å². The summed E-state index contributed by atoms with van der Waals surface area (Å²) in [6, 6.07) is 10.5. The minimum Gasteiger partial charge on any atom is -0.491 e. The zero-order valence-corrected chi connectivity index (χ0v) is 16.2. The fourth-order valence-electron chi connectivity index (χ4n) is 3.71. The molecule has 10 heteroatoms. The van der Waals surface area contributed by atoms with Crippen LogP contribution in [0.5, 0.6) is 5.75 Å². The van der Waals surface area contributed by atoms with E-state index < -0.39 is 24.5 Å². The standard InChI is InChI=1S/C21H18N6O4/c1-23-16-5-3-11-2-4-12(8-14(11)26-16)30-9-15-17(28)18(29)21(31-15)27-7-6-13-19(22)24-10-25-20(13)27/h2-8,10,15,17-18,21,28-29H,9H2,(H2,22,24,25)/t15-,17-,18-,21-/m1/s1. The number of aliphatic hydroxyl groups is 2. The Bertz CT molecular complexity index is 1320. The molecule has 4 aromatic rings. The van der Waals surface area contributed by atoms with Gasteiger partial charge in [0.05, 0.1) is 5.39 Å². The van der Waals surface area contributed by atoms with Gasteiger partial charge in [-0.15, -0.1) is 4.98 Å². The van der Waals surface area contributed by atoms with Gasteiger partial charge in [-0.1, -0.05) is 12.6 Å². The molecule has 1 aliphatic heterocycles. The van der Waals surface area contributed by atoms with E-state index in [0.717, 1.165) is 5.39 Å². The largest absolute Gasteiger partial charge is 0.491 e. The van der Waals surface area contributed by atoms with Crippen molar-refractivity contribution in [3.8, 4) is 5.75 Å². The number of pyridine rings is 1. The molecule has 1 aromatic carbocycles. The number of hydrogen-bond acceptors (Lipinski definition) is 8. The summed E-state index contributed by atoms with van der Waals surface area (Å²) < 4.78 is 13.3. The highest BCUT2D eigenvalue weighted by Gasteiger charge is 2.44. The van der Waals surface area contributed by atoms with Gasteiger partial charge in [0, 0.05) is 17.6 Å². The van der Waals surface area contributed by atoms with Crippen molar-refractivity contribution in [2.75, 3.05) is 12.3 Å². The summed E-state index contributed by atoms with van der Waals surface area (Å²) in [7, 11) is 0. The van der Waals surface area contributed by atoms with Crippen LogP contribution in [0.1, 0.15) is 6.23 Å². The Balaban J connectivity index is 1.34. The summed E-state index contributed by atoms with van der Waals surface area (Å²) in [5, 5.41) is 22.6. The number of benzene rings is 1. The molecule has 0 amide bonds. The van der Waals surface area contributed by atoms with Crippen LogP contribution in [0.2, 0.25) is 0 Å². The van der Waals surface area contributed by atoms with Gasteiger partial charge in [0.2, 0.25) is 0 Å². The molecular weight excluding hydrogens is 400 g/mol. The molecule has 5 rings (SSSR count). The average molecular weight is 418 g/mol. The lowest BCUT2D eigenvalue weighted by atomic mass is 10.1. The van der Waals surface area contributed by atoms with Crippen LogP contribution in [0.3, 0.4) is 0 Å². The minimum absolute atomic E-state index is 0.0130. The van der Waals surface area contributed by atoms with E-state index >= 15 is 0 Å². The number of nitrogen functional groups attached to an aromatic ring is 1. The van der Waals surface area contributed by atoms with Crippen LogP contribution >= 0.6 is 0 Å². The maximum absolute atomic E-state index is 10.6. The van der Waals surface area contributed by atoms with E-state index in [9.17, 15) is 10.2 Å². The summed E-state index contributed by atoms with van der Waals surface area (Å²) in [4.78, 5) is 15.8. The molecule has 31 heavy (non-hydrogen) atoms. The molecule has 3 aromatic heterocycles. The van der Waals surface area contributed by atoms with Crippen LogP contribution in [0.15, 0.2) is 48.9 Å². The predicted molar refractivity (Wildman–Crippen MR) is 111 cm³/mol. The van der Waals surface area contributed by atoms with Gasteiger partial charge in [-0.25, -0.2) is 9.97 Å². The number of nitrogens with two attached hydrogens (primary N) is 1. The lowest BCUT2D eigenvalue weighted by molar-refractivity contribution is -0.0471. The first kappa shape index (κ1) is 19.2. The average Bonchev–Trinajstić information content (AvgIpc) is 3.34. The molecule has 4 heterocycles. The third-order valence-electron chi connectivity index (χ3n) is 5.33. The molecule has 1 aliphatic rings. The van der Waals surface area contributed by atoms with Gasteiger partial charge in [0.25, 0.3) is 5.82 Å². The number of ether oxygens (including phenoxy) is 2. The van der Waals surface area contributed by atoms with Crippen molar-refractivity contribution >= 4 is 33.6 Å². The minimum atomic E-state index is -1.18. The van der Waals surface area contributed by atoms with E-state index in [0.29, 0.717) is 33.9 Å². The van der Waals surface area contributed by atoms with Gasteiger partial charge < -0.3 is 34.8 Å². The van der Waals surface area contributed by atoms with Crippen molar-refractivity contribution in [2.24, 2.45) is 0 Å². The van der Waals surface area contributed by atoms with Crippen LogP contribution in [-0.2, 0) is 4.74 Å². The van der Waals surface area contributed by atoms with Crippen LogP contribution in [0.25, 0.3) is 26.8 Å². The lowest BCUT2D eigenvalue weighted by Crippen LogP contribution is -2.34. The van der Waals surface area contributed by atoms with Gasteiger partial charge in [-0.2, -0.15) is 0 Å². The van der Waals surface area contributed by atoms with Gasteiger partial charge in [0.1, 0.15) is 48.5 Å². The third kappa shape index (κ3) is 3.30. The smallest absolute Gasteiger partial charge is 0.270 e. The first-order valence-electron chi connectivity index (χ1n) is 9.55. The molecule has 0 saturated carbocycles. The molecule has 156 valence electrons. The Morgan fingerprint density at radius 3 is 2.84 bits per heavy atom. The van der Waals surface area contributed by atoms with Crippen molar-refractivity contribution in [3.63, 3.8) is 0 Å². The number of aromatic nitrogens is 4. The maximum atomic E-state index is 10.6. The molecule has 1 saturated heterocycles. The summed E-state index contributed by atoms with van der Waals surface area (Å²) in [5.74, 6) is 1.14. The molecule has 0 spiro atoms. The van der Waals surface area contributed by atoms with Gasteiger partial charge in [0.15, 0.2) is 11.7 Å². The maximum Gasteiger partial charge on any atom is 0.270 e. The van der Waals surface area contributed by atoms with E-state index in [1.807, 2.05) is 12.1 Å². The van der Waals surface area contributed by atoms with Crippen molar-refractivity contribution in [1.82, 2.24) is 19.5 Å². The quantitative estimate of drug-likeness (QED) is 0.428. The molecular formula is C21H18N6O4. The molecule has 0 aliphatic carbocycles. The first-order valence-corrected chi connectivity index (χ1v) is 9.55. The Kier molecular flexibility index (Phi) is 4.63. The molecule has 0 radical (unpaired) electrons. The third-order valence-corrected chi connectivity index (χ3v) is 5.33. The number of fused-ring (bicyclic) bond motifs is 2. The zero-order valence-electron chi connectivity index (χ0n) is 16.2. The van der Waals surface area contributed by atoms with E-state index in [1.165, 1.54) is 6.33 Å². The zero-order chi connectivity index (χ0) is 21.5. The Morgan fingerprint density at radius 2 is 2.00 bits per heavy atom. The topological polar surface area (TPSA) is 133 Å². The highest BCUT2D eigenvalue weighted by atomic mass is 16.6. The number of anilines is 1. The van der Waals surface area contributed by atoms with Crippen molar-refractivity contribution < 1.29 is 19.7 Å². The normalized spacial score (nSPS) is 23.3. The molecule has 1 fully saturated rings. The molecule has 0 bridgehead atoms. The van der Waals surface area contributed by atoms with E-state index in [4.69, 9.17) is 21.8 Å². The Hall–Kier alpha value is -3.78. The SMILES string of the molecule is [C-]#[N+]c1ccc2ccc(OC[C@H]3O[C@@H](n4ccc5c(N)ncnc54)[C@H](O)[C@@H]3O)cc2n1. The van der Waals surface area contributed by atoms with Gasteiger partial charge >= 0.3 is 0 Å². The van der Waals surface area contributed by atoms with Crippen molar-refractivity contribution in [1.29, 1.82) is 0 Å². The number of hydrogen-bond donors (Lipinski definition) is 3. The molecule has 4 N–H and O–H groups in total. The number of nitrogens with zero attached hydrogens (tertiary/aromatic N) is 5. The molecule has 0 unspecified atom stereocenters. The van der Waals surface area contributed by atoms with Gasteiger partial charge in [-0.3, -0.25) is 0 Å². The Labute approximate surface area is 176 Å². The predicted octanol–water partition coefficient (Wildman–Crippen LogP) is 1.81. The van der Waals surface area contributed by atoms with E-state index in [-0.39, 0.29) is 6.61 Å². The fourth-order valence-corrected chi connectivity index (χ4v) is 3.71. The second kappa shape index (κ2) is 7.48. The number of aliphatic hydroxyl groups excluding tert-OH is 2. The summed E-state index contributed by atoms with van der Waals surface area (Å²) >= 11 is 0. The summed E-state index contributed by atoms with van der Waals surface area (Å²) in [6.45, 7) is 7.11. The van der Waals surface area contributed by atoms with Crippen molar-refractivity contribution in [2.45, 2.75) is 24.5 Å². The number of rotatable bonds is 4. The van der Waals surface area contributed by atoms with Crippen LogP contribution in [-0.4, -0.2) is 54.7 Å². The molecule has 10 nitrogen and oxygen atoms in total. The monoisotopic (exact) mass is 418 g/mol. The lowest BCUT2D eigenvalue weighted by Gasteiger charge is -2.17. The van der Waals surface area contributed by atoms with Crippen LogP contribution < -0.4 is 10.5 Å². The van der Waals surface area contributed by atoms with Crippen LogP contribution in [0.4, 0.5) is 11.6 Å². The summed E-state index contributed by atoms with van der Waals surface area (Å²) in [5.41, 5.74) is 7.00. The first-order chi connectivity index (χ1) is 15.0. The van der Waals surface area contributed by atoms with E-state index in [1.54, 1.807) is 35.0 Å². The van der Waals surface area contributed by atoms with Crippen LogP contribution in [0, 0.1) is 6.57 Å². The highest BCUT2D eigenvalue weighted by molar-refractivity contribution is 5.86. The summed E-state index contributed by atoms with van der Waals surface area (Å²) in [6.07, 6.45) is -0.943.